The Morgan fingerprint density at radius 2 is 1.95 bits per heavy atom. The lowest BCUT2D eigenvalue weighted by Gasteiger charge is -2.34. The van der Waals surface area contributed by atoms with Crippen molar-refractivity contribution in [2.24, 2.45) is 5.92 Å². The van der Waals surface area contributed by atoms with Gasteiger partial charge in [-0.2, -0.15) is 0 Å². The van der Waals surface area contributed by atoms with Crippen molar-refractivity contribution in [2.75, 3.05) is 12.8 Å². The minimum Gasteiger partial charge on any atom is -0.396 e. The van der Waals surface area contributed by atoms with E-state index in [4.69, 9.17) is 5.73 Å². The molecule has 1 aromatic rings. The highest BCUT2D eigenvalue weighted by molar-refractivity contribution is 5.41. The predicted molar refractivity (Wildman–Crippen MR) is 78.3 cm³/mol. The quantitative estimate of drug-likeness (QED) is 0.838. The molecule has 0 spiro atoms. The molecule has 0 radical (unpaired) electrons. The van der Waals surface area contributed by atoms with Crippen LogP contribution in [0.3, 0.4) is 0 Å². The number of rotatable bonds is 4. The fourth-order valence-electron chi connectivity index (χ4n) is 3.08. The van der Waals surface area contributed by atoms with Crippen LogP contribution in [0.4, 0.5) is 10.1 Å². The van der Waals surface area contributed by atoms with E-state index in [1.165, 1.54) is 32.1 Å². The number of anilines is 1. The van der Waals surface area contributed by atoms with Gasteiger partial charge in [0, 0.05) is 12.6 Å². The van der Waals surface area contributed by atoms with E-state index in [2.05, 4.69) is 18.9 Å². The average molecular weight is 264 g/mol. The topological polar surface area (TPSA) is 29.3 Å². The van der Waals surface area contributed by atoms with Crippen LogP contribution in [-0.2, 0) is 6.54 Å². The molecule has 1 saturated carbocycles. The highest BCUT2D eigenvalue weighted by atomic mass is 19.1. The molecule has 0 atom stereocenters. The fraction of sp³-hybridized carbons (Fsp3) is 0.625. The standard InChI is InChI=1S/C16H25FN2/c1-3-12-4-7-14(8-5-12)19(2)11-13-6-9-16(18)15(17)10-13/h6,9-10,12,14H,3-5,7-8,11,18H2,1-2H3. The Kier molecular flexibility index (Phi) is 4.81. The maximum Gasteiger partial charge on any atom is 0.146 e. The average Bonchev–Trinajstić information content (AvgIpc) is 2.43. The van der Waals surface area contributed by atoms with Gasteiger partial charge in [0.15, 0.2) is 0 Å². The Bertz CT molecular complexity index is 411. The zero-order chi connectivity index (χ0) is 13.8. The van der Waals surface area contributed by atoms with E-state index in [9.17, 15) is 4.39 Å². The molecule has 2 N–H and O–H groups in total. The van der Waals surface area contributed by atoms with E-state index < -0.39 is 0 Å². The lowest BCUT2D eigenvalue weighted by atomic mass is 9.84. The molecule has 1 aliphatic rings. The van der Waals surface area contributed by atoms with E-state index in [1.54, 1.807) is 12.1 Å². The summed E-state index contributed by atoms with van der Waals surface area (Å²) in [5.41, 5.74) is 6.74. The molecule has 2 rings (SSSR count). The van der Waals surface area contributed by atoms with Crippen LogP contribution < -0.4 is 5.73 Å². The minimum absolute atomic E-state index is 0.231. The fourth-order valence-corrected chi connectivity index (χ4v) is 3.08. The lowest BCUT2D eigenvalue weighted by molar-refractivity contribution is 0.157. The van der Waals surface area contributed by atoms with Crippen LogP contribution in [0.1, 0.15) is 44.6 Å². The monoisotopic (exact) mass is 264 g/mol. The molecule has 0 saturated heterocycles. The van der Waals surface area contributed by atoms with Crippen LogP contribution in [0.15, 0.2) is 18.2 Å². The van der Waals surface area contributed by atoms with Crippen molar-refractivity contribution in [3.63, 3.8) is 0 Å². The summed E-state index contributed by atoms with van der Waals surface area (Å²) < 4.78 is 13.4. The summed E-state index contributed by atoms with van der Waals surface area (Å²) in [6.45, 7) is 3.09. The van der Waals surface area contributed by atoms with E-state index >= 15 is 0 Å². The highest BCUT2D eigenvalue weighted by Crippen LogP contribution is 2.29. The summed E-state index contributed by atoms with van der Waals surface area (Å²) in [5, 5.41) is 0. The van der Waals surface area contributed by atoms with Crippen molar-refractivity contribution in [1.82, 2.24) is 4.90 Å². The van der Waals surface area contributed by atoms with Crippen molar-refractivity contribution in [3.05, 3.63) is 29.6 Å². The van der Waals surface area contributed by atoms with Gasteiger partial charge >= 0.3 is 0 Å². The maximum atomic E-state index is 13.4. The summed E-state index contributed by atoms with van der Waals surface area (Å²) in [4.78, 5) is 2.36. The SMILES string of the molecule is CCC1CCC(N(C)Cc2ccc(N)c(F)c2)CC1. The number of nitrogens with two attached hydrogens (primary N) is 1. The molecular weight excluding hydrogens is 239 g/mol. The van der Waals surface area contributed by atoms with E-state index in [-0.39, 0.29) is 11.5 Å². The Balaban J connectivity index is 1.90. The van der Waals surface area contributed by atoms with Crippen molar-refractivity contribution >= 4 is 5.69 Å². The number of benzene rings is 1. The maximum absolute atomic E-state index is 13.4. The molecule has 0 aliphatic heterocycles. The number of nitrogens with zero attached hydrogens (tertiary/aromatic N) is 1. The lowest BCUT2D eigenvalue weighted by Crippen LogP contribution is -2.34. The van der Waals surface area contributed by atoms with Gasteiger partial charge in [0.05, 0.1) is 5.69 Å². The molecule has 0 amide bonds. The molecule has 2 nitrogen and oxygen atoms in total. The van der Waals surface area contributed by atoms with Gasteiger partial charge in [-0.05, 0) is 56.3 Å². The van der Waals surface area contributed by atoms with Gasteiger partial charge in [0.2, 0.25) is 0 Å². The third kappa shape index (κ3) is 3.69. The largest absolute Gasteiger partial charge is 0.396 e. The van der Waals surface area contributed by atoms with E-state index in [0.717, 1.165) is 18.0 Å². The van der Waals surface area contributed by atoms with Gasteiger partial charge in [-0.15, -0.1) is 0 Å². The van der Waals surface area contributed by atoms with Crippen LogP contribution in [0.2, 0.25) is 0 Å². The molecule has 1 aromatic carbocycles. The molecule has 3 heteroatoms. The Morgan fingerprint density at radius 3 is 2.53 bits per heavy atom. The third-order valence-electron chi connectivity index (χ3n) is 4.51. The molecule has 0 aromatic heterocycles. The Labute approximate surface area is 115 Å². The molecule has 19 heavy (non-hydrogen) atoms. The molecular formula is C16H25FN2. The second-order valence-corrected chi connectivity index (χ2v) is 5.85. The number of nitrogen functional groups attached to an aromatic ring is 1. The van der Waals surface area contributed by atoms with E-state index in [1.807, 2.05) is 6.07 Å². The molecule has 1 aliphatic carbocycles. The van der Waals surface area contributed by atoms with Crippen LogP contribution in [0, 0.1) is 11.7 Å². The first-order valence-corrected chi connectivity index (χ1v) is 7.34. The summed E-state index contributed by atoms with van der Waals surface area (Å²) in [5.74, 6) is 0.610. The zero-order valence-corrected chi connectivity index (χ0v) is 12.0. The smallest absolute Gasteiger partial charge is 0.146 e. The van der Waals surface area contributed by atoms with Crippen LogP contribution in [-0.4, -0.2) is 18.0 Å². The Hall–Kier alpha value is -1.09. The van der Waals surface area contributed by atoms with Crippen LogP contribution >= 0.6 is 0 Å². The number of hydrogen-bond donors (Lipinski definition) is 1. The van der Waals surface area contributed by atoms with Gasteiger partial charge in [-0.3, -0.25) is 4.90 Å². The first-order valence-electron chi connectivity index (χ1n) is 7.34. The van der Waals surface area contributed by atoms with Crippen molar-refractivity contribution in [1.29, 1.82) is 0 Å². The second-order valence-electron chi connectivity index (χ2n) is 5.85. The van der Waals surface area contributed by atoms with Crippen LogP contribution in [0.5, 0.6) is 0 Å². The van der Waals surface area contributed by atoms with Crippen LogP contribution in [0.25, 0.3) is 0 Å². The van der Waals surface area contributed by atoms with Gasteiger partial charge in [-0.25, -0.2) is 4.39 Å². The normalized spacial score (nSPS) is 23.8. The van der Waals surface area contributed by atoms with Crippen molar-refractivity contribution in [2.45, 2.75) is 51.6 Å². The predicted octanol–water partition coefficient (Wildman–Crippen LogP) is 3.81. The summed E-state index contributed by atoms with van der Waals surface area (Å²) in [6.07, 6.45) is 6.52. The number of hydrogen-bond acceptors (Lipinski definition) is 2. The van der Waals surface area contributed by atoms with Crippen molar-refractivity contribution < 1.29 is 4.39 Å². The molecule has 0 unspecified atom stereocenters. The molecule has 106 valence electrons. The minimum atomic E-state index is -0.305. The summed E-state index contributed by atoms with van der Waals surface area (Å²) in [7, 11) is 2.14. The second kappa shape index (κ2) is 6.38. The van der Waals surface area contributed by atoms with Gasteiger partial charge in [-0.1, -0.05) is 19.4 Å². The number of halogens is 1. The van der Waals surface area contributed by atoms with Gasteiger partial charge < -0.3 is 5.73 Å². The van der Waals surface area contributed by atoms with Gasteiger partial charge in [0.1, 0.15) is 5.82 Å². The van der Waals surface area contributed by atoms with Gasteiger partial charge in [0.25, 0.3) is 0 Å². The molecule has 0 heterocycles. The molecule has 1 fully saturated rings. The summed E-state index contributed by atoms with van der Waals surface area (Å²) in [6, 6.07) is 5.78. The first kappa shape index (κ1) is 14.3. The molecule has 0 bridgehead atoms. The first-order chi connectivity index (χ1) is 9.10. The highest BCUT2D eigenvalue weighted by Gasteiger charge is 2.23. The Morgan fingerprint density at radius 1 is 1.26 bits per heavy atom. The third-order valence-corrected chi connectivity index (χ3v) is 4.51. The van der Waals surface area contributed by atoms with E-state index in [0.29, 0.717) is 6.04 Å². The zero-order valence-electron chi connectivity index (χ0n) is 12.0. The summed E-state index contributed by atoms with van der Waals surface area (Å²) >= 11 is 0. The van der Waals surface area contributed by atoms with Crippen molar-refractivity contribution in [3.8, 4) is 0 Å².